The summed E-state index contributed by atoms with van der Waals surface area (Å²) < 4.78 is 5.68. The lowest BCUT2D eigenvalue weighted by Crippen LogP contribution is -2.18. The fraction of sp³-hybridized carbons (Fsp3) is 0.200. The van der Waals surface area contributed by atoms with E-state index in [4.69, 9.17) is 10.5 Å². The van der Waals surface area contributed by atoms with Gasteiger partial charge in [0.05, 0.1) is 6.04 Å². The molecule has 2 N–H and O–H groups in total. The van der Waals surface area contributed by atoms with Crippen LogP contribution in [0.15, 0.2) is 54.6 Å². The van der Waals surface area contributed by atoms with E-state index in [-0.39, 0.29) is 18.4 Å². The van der Waals surface area contributed by atoms with Crippen molar-refractivity contribution in [2.45, 2.75) is 13.0 Å². The average molecular weight is 264 g/mol. The van der Waals surface area contributed by atoms with Crippen LogP contribution < -0.4 is 10.5 Å². The van der Waals surface area contributed by atoms with E-state index in [1.165, 1.54) is 5.56 Å². The van der Waals surface area contributed by atoms with E-state index in [1.807, 2.05) is 61.5 Å². The van der Waals surface area contributed by atoms with Gasteiger partial charge in [0.2, 0.25) is 0 Å². The monoisotopic (exact) mass is 263 g/mol. The molecule has 1 atom stereocenters. The summed E-state index contributed by atoms with van der Waals surface area (Å²) in [5.74, 6) is 0.872. The fourth-order valence-electron chi connectivity index (χ4n) is 1.69. The second kappa shape index (κ2) is 7.04. The molecule has 1 unspecified atom stereocenters. The van der Waals surface area contributed by atoms with Crippen molar-refractivity contribution in [3.8, 4) is 5.75 Å². The summed E-state index contributed by atoms with van der Waals surface area (Å²) in [6.07, 6.45) is 0. The average Bonchev–Trinajstić information content (AvgIpc) is 2.37. The summed E-state index contributed by atoms with van der Waals surface area (Å²) in [5.41, 5.74) is 8.34. The molecule has 0 spiro atoms. The molecule has 18 heavy (non-hydrogen) atoms. The van der Waals surface area contributed by atoms with E-state index in [0.717, 1.165) is 11.3 Å². The molecular weight excluding hydrogens is 246 g/mol. The molecule has 2 aromatic rings. The van der Waals surface area contributed by atoms with Gasteiger partial charge in [0.1, 0.15) is 12.4 Å². The Balaban J connectivity index is 0.00000162. The van der Waals surface area contributed by atoms with Gasteiger partial charge >= 0.3 is 0 Å². The number of aryl methyl sites for hydroxylation is 1. The molecule has 0 aliphatic heterocycles. The van der Waals surface area contributed by atoms with Gasteiger partial charge in [-0.05, 0) is 30.2 Å². The van der Waals surface area contributed by atoms with Crippen LogP contribution in [0.1, 0.15) is 17.2 Å². The van der Waals surface area contributed by atoms with Gasteiger partial charge in [0.15, 0.2) is 0 Å². The van der Waals surface area contributed by atoms with Crippen LogP contribution in [0.4, 0.5) is 0 Å². The Hall–Kier alpha value is -1.51. The maximum Gasteiger partial charge on any atom is 0.119 e. The second-order valence-electron chi connectivity index (χ2n) is 4.14. The van der Waals surface area contributed by atoms with Gasteiger partial charge in [-0.15, -0.1) is 12.4 Å². The second-order valence-corrected chi connectivity index (χ2v) is 4.14. The standard InChI is InChI=1S/C15H17NO.ClH/c1-12-6-5-9-14(10-12)17-11-15(16)13-7-3-2-4-8-13;/h2-10,15H,11,16H2,1H3;1H. The molecule has 2 rings (SSSR count). The molecule has 96 valence electrons. The summed E-state index contributed by atoms with van der Waals surface area (Å²) in [6.45, 7) is 2.54. The zero-order chi connectivity index (χ0) is 12.1. The number of hydrogen-bond acceptors (Lipinski definition) is 2. The molecule has 2 nitrogen and oxygen atoms in total. The number of nitrogens with two attached hydrogens (primary N) is 1. The third-order valence-electron chi connectivity index (χ3n) is 2.65. The quantitative estimate of drug-likeness (QED) is 0.916. The minimum absolute atomic E-state index is 0. The minimum atomic E-state index is -0.0864. The zero-order valence-electron chi connectivity index (χ0n) is 10.4. The Morgan fingerprint density at radius 1 is 1.06 bits per heavy atom. The summed E-state index contributed by atoms with van der Waals surface area (Å²) in [6, 6.07) is 17.9. The van der Waals surface area contributed by atoms with Crippen molar-refractivity contribution in [2.75, 3.05) is 6.61 Å². The minimum Gasteiger partial charge on any atom is -0.492 e. The van der Waals surface area contributed by atoms with Crippen LogP contribution >= 0.6 is 12.4 Å². The van der Waals surface area contributed by atoms with Crippen molar-refractivity contribution in [1.82, 2.24) is 0 Å². The highest BCUT2D eigenvalue weighted by molar-refractivity contribution is 5.85. The van der Waals surface area contributed by atoms with Crippen LogP contribution in [0.3, 0.4) is 0 Å². The lowest BCUT2D eigenvalue weighted by Gasteiger charge is -2.13. The van der Waals surface area contributed by atoms with Gasteiger partial charge in [-0.3, -0.25) is 0 Å². The molecule has 0 aromatic heterocycles. The lowest BCUT2D eigenvalue weighted by molar-refractivity contribution is 0.290. The Morgan fingerprint density at radius 2 is 1.78 bits per heavy atom. The lowest BCUT2D eigenvalue weighted by atomic mass is 10.1. The predicted molar refractivity (Wildman–Crippen MR) is 77.3 cm³/mol. The third-order valence-corrected chi connectivity index (χ3v) is 2.65. The highest BCUT2D eigenvalue weighted by atomic mass is 35.5. The molecule has 0 saturated carbocycles. The molecule has 0 amide bonds. The predicted octanol–water partition coefficient (Wildman–Crippen LogP) is 3.50. The van der Waals surface area contributed by atoms with Crippen LogP contribution in [-0.2, 0) is 0 Å². The summed E-state index contributed by atoms with van der Waals surface area (Å²) in [5, 5.41) is 0. The largest absolute Gasteiger partial charge is 0.492 e. The van der Waals surface area contributed by atoms with Crippen molar-refractivity contribution in [3.05, 3.63) is 65.7 Å². The summed E-state index contributed by atoms with van der Waals surface area (Å²) >= 11 is 0. The topological polar surface area (TPSA) is 35.2 Å². The van der Waals surface area contributed by atoms with Crippen molar-refractivity contribution < 1.29 is 4.74 Å². The van der Waals surface area contributed by atoms with Crippen LogP contribution in [0, 0.1) is 6.92 Å². The zero-order valence-corrected chi connectivity index (χ0v) is 11.2. The Labute approximate surface area is 114 Å². The van der Waals surface area contributed by atoms with E-state index in [1.54, 1.807) is 0 Å². The highest BCUT2D eigenvalue weighted by Gasteiger charge is 2.05. The first-order valence-corrected chi connectivity index (χ1v) is 5.76. The molecule has 0 radical (unpaired) electrons. The molecule has 0 fully saturated rings. The maximum absolute atomic E-state index is 6.06. The van der Waals surface area contributed by atoms with Crippen molar-refractivity contribution in [1.29, 1.82) is 0 Å². The highest BCUT2D eigenvalue weighted by Crippen LogP contribution is 2.15. The normalized spacial score (nSPS) is 11.4. The maximum atomic E-state index is 6.06. The number of ether oxygens (including phenoxy) is 1. The Kier molecular flexibility index (Phi) is 5.69. The van der Waals surface area contributed by atoms with Crippen LogP contribution in [0.25, 0.3) is 0 Å². The fourth-order valence-corrected chi connectivity index (χ4v) is 1.69. The molecule has 0 heterocycles. The van der Waals surface area contributed by atoms with E-state index < -0.39 is 0 Å². The van der Waals surface area contributed by atoms with E-state index in [2.05, 4.69) is 0 Å². The summed E-state index contributed by atoms with van der Waals surface area (Å²) in [4.78, 5) is 0. The van der Waals surface area contributed by atoms with Gasteiger partial charge in [0, 0.05) is 0 Å². The van der Waals surface area contributed by atoms with Gasteiger partial charge < -0.3 is 10.5 Å². The van der Waals surface area contributed by atoms with Crippen molar-refractivity contribution in [3.63, 3.8) is 0 Å². The first kappa shape index (κ1) is 14.6. The number of halogens is 1. The Bertz CT molecular complexity index is 473. The molecule has 0 bridgehead atoms. The SMILES string of the molecule is Cc1cccc(OCC(N)c2ccccc2)c1.Cl. The third kappa shape index (κ3) is 4.06. The van der Waals surface area contributed by atoms with Crippen LogP contribution in [-0.4, -0.2) is 6.61 Å². The molecule has 2 aromatic carbocycles. The number of rotatable bonds is 4. The van der Waals surface area contributed by atoms with Crippen molar-refractivity contribution >= 4 is 12.4 Å². The van der Waals surface area contributed by atoms with E-state index in [9.17, 15) is 0 Å². The van der Waals surface area contributed by atoms with Crippen LogP contribution in [0.2, 0.25) is 0 Å². The molecule has 0 saturated heterocycles. The molecule has 0 aliphatic carbocycles. The van der Waals surface area contributed by atoms with E-state index in [0.29, 0.717) is 6.61 Å². The van der Waals surface area contributed by atoms with Crippen molar-refractivity contribution in [2.24, 2.45) is 5.73 Å². The Morgan fingerprint density at radius 3 is 2.44 bits per heavy atom. The molecular formula is C15H18ClNO. The van der Waals surface area contributed by atoms with Gasteiger partial charge in [-0.1, -0.05) is 42.5 Å². The van der Waals surface area contributed by atoms with Gasteiger partial charge in [-0.2, -0.15) is 0 Å². The van der Waals surface area contributed by atoms with Gasteiger partial charge in [0.25, 0.3) is 0 Å². The van der Waals surface area contributed by atoms with E-state index >= 15 is 0 Å². The summed E-state index contributed by atoms with van der Waals surface area (Å²) in [7, 11) is 0. The first-order chi connectivity index (χ1) is 8.25. The smallest absolute Gasteiger partial charge is 0.119 e. The number of benzene rings is 2. The first-order valence-electron chi connectivity index (χ1n) is 5.76. The number of hydrogen-bond donors (Lipinski definition) is 1. The van der Waals surface area contributed by atoms with Crippen LogP contribution in [0.5, 0.6) is 5.75 Å². The van der Waals surface area contributed by atoms with Gasteiger partial charge in [-0.25, -0.2) is 0 Å². The molecule has 0 aliphatic rings. The molecule has 3 heteroatoms.